The Morgan fingerprint density at radius 2 is 1.81 bits per heavy atom. The number of phenolic OH excluding ortho intramolecular Hbond substituents is 1. The van der Waals surface area contributed by atoms with Gasteiger partial charge in [-0.2, -0.15) is 0 Å². The van der Waals surface area contributed by atoms with Crippen LogP contribution in [0.2, 0.25) is 5.02 Å². The van der Waals surface area contributed by atoms with E-state index in [1.54, 1.807) is 19.3 Å². The number of carbonyl (C=O) groups excluding carboxylic acids is 1. The van der Waals surface area contributed by atoms with Gasteiger partial charge in [0.15, 0.2) is 12.6 Å². The number of carbonyl (C=O) groups is 1. The fourth-order valence-corrected chi connectivity index (χ4v) is 2.07. The molecule has 0 spiro atoms. The first-order valence-corrected chi connectivity index (χ1v) is 8.98. The molecule has 6 heteroatoms. The van der Waals surface area contributed by atoms with Gasteiger partial charge in [0.2, 0.25) is 0 Å². The molecule has 0 aliphatic rings. The molecule has 0 amide bonds. The Bertz CT molecular complexity index is 692. The number of rotatable bonds is 12. The molecule has 0 saturated heterocycles. The molecular weight excluding hydrogens is 368 g/mol. The summed E-state index contributed by atoms with van der Waals surface area (Å²) in [5, 5.41) is 9.88. The maximum absolute atomic E-state index is 10.7. The summed E-state index contributed by atoms with van der Waals surface area (Å²) in [6.07, 6.45) is 16.0. The molecule has 0 fully saturated rings. The Balaban J connectivity index is 2.25. The van der Waals surface area contributed by atoms with Crippen molar-refractivity contribution in [3.63, 3.8) is 0 Å². The van der Waals surface area contributed by atoms with Gasteiger partial charge in [-0.25, -0.2) is 0 Å². The summed E-state index contributed by atoms with van der Waals surface area (Å²) in [5.74, 6) is 0.0365. The van der Waals surface area contributed by atoms with Gasteiger partial charge >= 0.3 is 0 Å². The third-order valence-electron chi connectivity index (χ3n) is 3.16. The molecule has 0 radical (unpaired) electrons. The highest BCUT2D eigenvalue weighted by Crippen LogP contribution is 2.32. The predicted molar refractivity (Wildman–Crippen MR) is 107 cm³/mol. The highest BCUT2D eigenvalue weighted by molar-refractivity contribution is 6.32. The first kappa shape index (κ1) is 22.5. The zero-order valence-corrected chi connectivity index (χ0v) is 16.3. The van der Waals surface area contributed by atoms with Crippen LogP contribution in [0.4, 0.5) is 0 Å². The molecule has 1 rings (SSSR count). The summed E-state index contributed by atoms with van der Waals surface area (Å²) in [7, 11) is 0. The van der Waals surface area contributed by atoms with Crippen LogP contribution in [0.1, 0.15) is 30.6 Å². The fourth-order valence-electron chi connectivity index (χ4n) is 1.86. The minimum atomic E-state index is -0.599. The molecule has 1 unspecified atom stereocenters. The highest BCUT2D eigenvalue weighted by atomic mass is 35.5. The quantitative estimate of drug-likeness (QED) is 0.174. The second kappa shape index (κ2) is 13.7. The SMILES string of the molecule is CC\C=C/C=C/C=C/C=C/OCCOC(C)Oc1cc(O)c(C=O)cc1Cl. The number of allylic oxidation sites excluding steroid dienone is 7. The van der Waals surface area contributed by atoms with Gasteiger partial charge in [-0.15, -0.1) is 0 Å². The second-order valence-electron chi connectivity index (χ2n) is 5.32. The lowest BCUT2D eigenvalue weighted by Gasteiger charge is -2.16. The van der Waals surface area contributed by atoms with Crippen molar-refractivity contribution in [2.45, 2.75) is 26.6 Å². The number of ether oxygens (including phenoxy) is 3. The second-order valence-corrected chi connectivity index (χ2v) is 5.73. The van der Waals surface area contributed by atoms with Crippen LogP contribution in [0.25, 0.3) is 0 Å². The zero-order chi connectivity index (χ0) is 19.9. The van der Waals surface area contributed by atoms with E-state index in [0.717, 1.165) is 6.42 Å². The van der Waals surface area contributed by atoms with Gasteiger partial charge < -0.3 is 19.3 Å². The van der Waals surface area contributed by atoms with E-state index in [2.05, 4.69) is 13.0 Å². The Hall–Kier alpha value is -2.50. The van der Waals surface area contributed by atoms with E-state index in [1.807, 2.05) is 30.4 Å². The normalized spacial score (nSPS) is 13.1. The average Bonchev–Trinajstić information content (AvgIpc) is 2.65. The topological polar surface area (TPSA) is 65.0 Å². The van der Waals surface area contributed by atoms with Gasteiger partial charge in [0.25, 0.3) is 0 Å². The lowest BCUT2D eigenvalue weighted by molar-refractivity contribution is -0.0770. The van der Waals surface area contributed by atoms with Crippen molar-refractivity contribution in [1.29, 1.82) is 0 Å². The molecule has 146 valence electrons. The van der Waals surface area contributed by atoms with Gasteiger partial charge in [0.05, 0.1) is 23.5 Å². The van der Waals surface area contributed by atoms with E-state index >= 15 is 0 Å². The van der Waals surface area contributed by atoms with Crippen LogP contribution in [0.3, 0.4) is 0 Å². The van der Waals surface area contributed by atoms with E-state index < -0.39 is 6.29 Å². The third-order valence-corrected chi connectivity index (χ3v) is 3.45. The Labute approximate surface area is 165 Å². The number of benzene rings is 1. The van der Waals surface area contributed by atoms with Crippen molar-refractivity contribution < 1.29 is 24.1 Å². The lowest BCUT2D eigenvalue weighted by Crippen LogP contribution is -2.18. The number of hydrogen-bond donors (Lipinski definition) is 1. The van der Waals surface area contributed by atoms with Gasteiger partial charge in [-0.05, 0) is 25.5 Å². The summed E-state index contributed by atoms with van der Waals surface area (Å²) < 4.78 is 16.2. The molecule has 0 aliphatic heterocycles. The number of hydrogen-bond acceptors (Lipinski definition) is 5. The Kier molecular flexibility index (Phi) is 11.4. The first-order valence-electron chi connectivity index (χ1n) is 8.61. The summed E-state index contributed by atoms with van der Waals surface area (Å²) in [4.78, 5) is 10.7. The molecule has 0 bridgehead atoms. The van der Waals surface area contributed by atoms with Crippen molar-refractivity contribution in [3.8, 4) is 11.5 Å². The minimum absolute atomic E-state index is 0.100. The molecule has 0 heterocycles. The Morgan fingerprint density at radius 1 is 1.11 bits per heavy atom. The van der Waals surface area contributed by atoms with E-state index in [1.165, 1.54) is 12.1 Å². The smallest absolute Gasteiger partial charge is 0.197 e. The van der Waals surface area contributed by atoms with Gasteiger partial charge in [-0.3, -0.25) is 4.79 Å². The van der Waals surface area contributed by atoms with Crippen LogP contribution < -0.4 is 4.74 Å². The van der Waals surface area contributed by atoms with E-state index in [9.17, 15) is 9.90 Å². The minimum Gasteiger partial charge on any atom is -0.507 e. The summed E-state index contributed by atoms with van der Waals surface area (Å²) >= 11 is 6.00. The molecular formula is C21H25ClO5. The monoisotopic (exact) mass is 392 g/mol. The number of aromatic hydroxyl groups is 1. The van der Waals surface area contributed by atoms with Crippen molar-refractivity contribution >= 4 is 17.9 Å². The molecule has 0 aliphatic carbocycles. The van der Waals surface area contributed by atoms with Crippen molar-refractivity contribution in [3.05, 3.63) is 71.5 Å². The summed E-state index contributed by atoms with van der Waals surface area (Å²) in [6, 6.07) is 2.62. The maximum Gasteiger partial charge on any atom is 0.197 e. The molecule has 1 atom stereocenters. The van der Waals surface area contributed by atoms with Crippen LogP contribution >= 0.6 is 11.6 Å². The third kappa shape index (κ3) is 9.68. The molecule has 5 nitrogen and oxygen atoms in total. The lowest BCUT2D eigenvalue weighted by atomic mass is 10.2. The Morgan fingerprint density at radius 3 is 2.52 bits per heavy atom. The summed E-state index contributed by atoms with van der Waals surface area (Å²) in [6.45, 7) is 4.45. The van der Waals surface area contributed by atoms with Crippen molar-refractivity contribution in [2.75, 3.05) is 13.2 Å². The van der Waals surface area contributed by atoms with Gasteiger partial charge in [0, 0.05) is 6.07 Å². The van der Waals surface area contributed by atoms with Crippen molar-refractivity contribution in [2.24, 2.45) is 0 Å². The van der Waals surface area contributed by atoms with Crippen LogP contribution in [0.15, 0.2) is 60.9 Å². The van der Waals surface area contributed by atoms with E-state index in [0.29, 0.717) is 19.5 Å². The van der Waals surface area contributed by atoms with Gasteiger partial charge in [0.1, 0.15) is 18.1 Å². The maximum atomic E-state index is 10.7. The molecule has 1 N–H and O–H groups in total. The van der Waals surface area contributed by atoms with Crippen LogP contribution in [-0.4, -0.2) is 30.9 Å². The zero-order valence-electron chi connectivity index (χ0n) is 15.5. The van der Waals surface area contributed by atoms with Gasteiger partial charge in [-0.1, -0.05) is 55.0 Å². The molecule has 27 heavy (non-hydrogen) atoms. The van der Waals surface area contributed by atoms with Crippen LogP contribution in [0, 0.1) is 0 Å². The van der Waals surface area contributed by atoms with Crippen LogP contribution in [0.5, 0.6) is 11.5 Å². The van der Waals surface area contributed by atoms with Crippen LogP contribution in [-0.2, 0) is 9.47 Å². The largest absolute Gasteiger partial charge is 0.507 e. The number of phenols is 1. The summed E-state index contributed by atoms with van der Waals surface area (Å²) in [5.41, 5.74) is 0.100. The fraction of sp³-hybridized carbons (Fsp3) is 0.286. The molecule has 1 aromatic rings. The van der Waals surface area contributed by atoms with E-state index in [-0.39, 0.29) is 22.1 Å². The molecule has 0 saturated carbocycles. The first-order chi connectivity index (χ1) is 13.1. The van der Waals surface area contributed by atoms with Crippen molar-refractivity contribution in [1.82, 2.24) is 0 Å². The molecule has 0 aromatic heterocycles. The van der Waals surface area contributed by atoms with E-state index in [4.69, 9.17) is 25.8 Å². The number of aldehydes is 1. The highest BCUT2D eigenvalue weighted by Gasteiger charge is 2.12. The standard InChI is InChI=1S/C21H25ClO5/c1-3-4-5-6-7-8-9-10-11-25-12-13-26-17(2)27-21-15-20(24)18(16-23)14-19(21)22/h4-11,14-17,24H,3,12-13H2,1-2H3/b5-4-,7-6+,9-8+,11-10+. The number of halogens is 1. The average molecular weight is 393 g/mol. The predicted octanol–water partition coefficient (Wildman–Crippen LogP) is 5.21. The molecule has 1 aromatic carbocycles.